The number of carbonyl (C=O) groups is 2. The Morgan fingerprint density at radius 1 is 1.16 bits per heavy atom. The summed E-state index contributed by atoms with van der Waals surface area (Å²) in [7, 11) is -3.91. The number of nitrogens with zero attached hydrogens (tertiary/aromatic N) is 2. The second-order valence-corrected chi connectivity index (χ2v) is 8.51. The number of aliphatic carboxylic acids is 1. The summed E-state index contributed by atoms with van der Waals surface area (Å²) in [5, 5.41) is 9.17. The van der Waals surface area contributed by atoms with E-state index in [-0.39, 0.29) is 11.4 Å². The zero-order chi connectivity index (χ0) is 18.0. The van der Waals surface area contributed by atoms with Crippen LogP contribution < -0.4 is 0 Å². The molecule has 1 aliphatic heterocycles. The maximum atomic E-state index is 12.9. The lowest BCUT2D eigenvalue weighted by Gasteiger charge is -2.41. The number of carboxylic acids is 1. The molecule has 1 N–H and O–H groups in total. The summed E-state index contributed by atoms with van der Waals surface area (Å²) in [5.74, 6) is -1.14. The normalized spacial score (nSPS) is 22.6. The Morgan fingerprint density at radius 2 is 1.84 bits per heavy atom. The van der Waals surface area contributed by atoms with Crippen molar-refractivity contribution in [3.63, 3.8) is 0 Å². The number of hydrogen-bond acceptors (Lipinski definition) is 4. The van der Waals surface area contributed by atoms with Crippen molar-refractivity contribution in [2.24, 2.45) is 5.92 Å². The van der Waals surface area contributed by atoms with E-state index >= 15 is 0 Å². The number of hydrogen-bond donors (Lipinski definition) is 1. The van der Waals surface area contributed by atoms with Gasteiger partial charge < -0.3 is 10.0 Å². The van der Waals surface area contributed by atoms with Crippen molar-refractivity contribution in [3.05, 3.63) is 30.3 Å². The molecule has 0 radical (unpaired) electrons. The van der Waals surface area contributed by atoms with Crippen molar-refractivity contribution in [2.75, 3.05) is 19.6 Å². The number of sulfonamides is 1. The number of piperazine rings is 1. The molecule has 1 aliphatic carbocycles. The molecule has 1 heterocycles. The molecule has 1 aromatic rings. The quantitative estimate of drug-likeness (QED) is 0.815. The minimum atomic E-state index is -3.91. The van der Waals surface area contributed by atoms with Crippen LogP contribution in [0.15, 0.2) is 35.2 Å². The van der Waals surface area contributed by atoms with Gasteiger partial charge in [-0.2, -0.15) is 4.31 Å². The van der Waals surface area contributed by atoms with Crippen LogP contribution in [-0.4, -0.2) is 60.3 Å². The van der Waals surface area contributed by atoms with Crippen LogP contribution in [0.3, 0.4) is 0 Å². The van der Waals surface area contributed by atoms with Gasteiger partial charge in [-0.05, 0) is 30.9 Å². The number of carboxylic acid groups (broad SMARTS) is 1. The molecule has 1 aromatic carbocycles. The molecule has 3 rings (SSSR count). The third-order valence-electron chi connectivity index (χ3n) is 4.96. The van der Waals surface area contributed by atoms with E-state index in [1.165, 1.54) is 12.1 Å². The molecule has 0 aromatic heterocycles. The molecule has 1 saturated heterocycles. The van der Waals surface area contributed by atoms with Gasteiger partial charge in [-0.15, -0.1) is 0 Å². The van der Waals surface area contributed by atoms with Gasteiger partial charge in [0.05, 0.1) is 11.3 Å². The molecule has 136 valence electrons. The van der Waals surface area contributed by atoms with Crippen molar-refractivity contribution in [1.82, 2.24) is 9.21 Å². The molecule has 7 nitrogen and oxygen atoms in total. The molecule has 2 fully saturated rings. The standard InChI is InChI=1S/C17H22N2O5S/c20-16(21)11-15-17(22)18(12-13-5-4-6-13)9-10-19(15)25(23,24)14-7-2-1-3-8-14/h1-3,7-8,13,15H,4-6,9-12H2,(H,20,21). The fraction of sp³-hybridized carbons (Fsp3) is 0.529. The second-order valence-electron chi connectivity index (χ2n) is 6.62. The minimum absolute atomic E-state index is 0.0747. The van der Waals surface area contributed by atoms with E-state index in [0.717, 1.165) is 23.6 Å². The van der Waals surface area contributed by atoms with Gasteiger partial charge in [-0.1, -0.05) is 24.6 Å². The molecule has 1 atom stereocenters. The first-order chi connectivity index (χ1) is 11.9. The van der Waals surface area contributed by atoms with Crippen molar-refractivity contribution in [2.45, 2.75) is 36.6 Å². The Balaban J connectivity index is 1.85. The molecular formula is C17H22N2O5S. The van der Waals surface area contributed by atoms with Crippen molar-refractivity contribution in [1.29, 1.82) is 0 Å². The van der Waals surface area contributed by atoms with E-state index in [1.54, 1.807) is 23.1 Å². The van der Waals surface area contributed by atoms with Crippen LogP contribution in [0.25, 0.3) is 0 Å². The maximum Gasteiger partial charge on any atom is 0.305 e. The number of amides is 1. The monoisotopic (exact) mass is 366 g/mol. The Hall–Kier alpha value is -1.93. The van der Waals surface area contributed by atoms with Crippen LogP contribution in [0.4, 0.5) is 0 Å². The average Bonchev–Trinajstić information content (AvgIpc) is 2.54. The summed E-state index contributed by atoms with van der Waals surface area (Å²) in [6.45, 7) is 1.01. The first-order valence-electron chi connectivity index (χ1n) is 8.47. The number of rotatable bonds is 6. The SMILES string of the molecule is O=C(O)CC1C(=O)N(CC2CCC2)CCN1S(=O)(=O)c1ccccc1. The third-order valence-corrected chi connectivity index (χ3v) is 6.88. The highest BCUT2D eigenvalue weighted by Crippen LogP contribution is 2.30. The van der Waals surface area contributed by atoms with Crippen LogP contribution >= 0.6 is 0 Å². The van der Waals surface area contributed by atoms with Crippen molar-refractivity contribution in [3.8, 4) is 0 Å². The predicted molar refractivity (Wildman–Crippen MR) is 90.3 cm³/mol. The molecule has 1 saturated carbocycles. The van der Waals surface area contributed by atoms with Gasteiger partial charge in [0.2, 0.25) is 15.9 Å². The largest absolute Gasteiger partial charge is 0.481 e. The van der Waals surface area contributed by atoms with Crippen LogP contribution in [0.5, 0.6) is 0 Å². The summed E-state index contributed by atoms with van der Waals surface area (Å²) in [6.07, 6.45) is 2.77. The third kappa shape index (κ3) is 3.69. The lowest BCUT2D eigenvalue weighted by atomic mass is 9.85. The van der Waals surface area contributed by atoms with E-state index in [4.69, 9.17) is 0 Å². The predicted octanol–water partition coefficient (Wildman–Crippen LogP) is 1.16. The highest BCUT2D eigenvalue weighted by Gasteiger charge is 2.43. The van der Waals surface area contributed by atoms with Gasteiger partial charge in [-0.3, -0.25) is 9.59 Å². The molecule has 2 aliphatic rings. The lowest BCUT2D eigenvalue weighted by molar-refractivity contribution is -0.147. The van der Waals surface area contributed by atoms with E-state index < -0.39 is 34.4 Å². The van der Waals surface area contributed by atoms with E-state index in [0.29, 0.717) is 19.0 Å². The number of carbonyl (C=O) groups excluding carboxylic acids is 1. The van der Waals surface area contributed by atoms with Gasteiger partial charge in [0.15, 0.2) is 0 Å². The van der Waals surface area contributed by atoms with Gasteiger partial charge in [0.25, 0.3) is 0 Å². The summed E-state index contributed by atoms with van der Waals surface area (Å²) < 4.78 is 26.8. The lowest BCUT2D eigenvalue weighted by Crippen LogP contribution is -2.60. The van der Waals surface area contributed by atoms with E-state index in [9.17, 15) is 23.1 Å². The summed E-state index contributed by atoms with van der Waals surface area (Å²) in [6, 6.07) is 6.64. The zero-order valence-corrected chi connectivity index (χ0v) is 14.7. The highest BCUT2D eigenvalue weighted by atomic mass is 32.2. The minimum Gasteiger partial charge on any atom is -0.481 e. The average molecular weight is 366 g/mol. The van der Waals surface area contributed by atoms with Crippen LogP contribution in [-0.2, 0) is 19.6 Å². The van der Waals surface area contributed by atoms with Gasteiger partial charge in [0, 0.05) is 19.6 Å². The Morgan fingerprint density at radius 3 is 2.40 bits per heavy atom. The zero-order valence-electron chi connectivity index (χ0n) is 13.9. The molecule has 0 spiro atoms. The van der Waals surface area contributed by atoms with Crippen molar-refractivity contribution < 1.29 is 23.1 Å². The first-order valence-corrected chi connectivity index (χ1v) is 9.91. The Bertz CT molecular complexity index is 746. The topological polar surface area (TPSA) is 95.0 Å². The van der Waals surface area contributed by atoms with Crippen LogP contribution in [0, 0.1) is 5.92 Å². The molecule has 1 unspecified atom stereocenters. The van der Waals surface area contributed by atoms with Gasteiger partial charge in [-0.25, -0.2) is 8.42 Å². The molecule has 1 amide bonds. The van der Waals surface area contributed by atoms with Gasteiger partial charge in [0.1, 0.15) is 6.04 Å². The maximum absolute atomic E-state index is 12.9. The van der Waals surface area contributed by atoms with Gasteiger partial charge >= 0.3 is 5.97 Å². The van der Waals surface area contributed by atoms with Crippen molar-refractivity contribution >= 4 is 21.9 Å². The molecular weight excluding hydrogens is 344 g/mol. The summed E-state index contributed by atoms with van der Waals surface area (Å²) >= 11 is 0. The smallest absolute Gasteiger partial charge is 0.305 e. The second kappa shape index (κ2) is 7.13. The van der Waals surface area contributed by atoms with E-state index in [1.807, 2.05) is 0 Å². The highest BCUT2D eigenvalue weighted by molar-refractivity contribution is 7.89. The van der Waals surface area contributed by atoms with Crippen LogP contribution in [0.2, 0.25) is 0 Å². The van der Waals surface area contributed by atoms with Crippen LogP contribution in [0.1, 0.15) is 25.7 Å². The molecule has 0 bridgehead atoms. The fourth-order valence-electron chi connectivity index (χ4n) is 3.36. The fourth-order valence-corrected chi connectivity index (χ4v) is 4.95. The Labute approximate surface area is 147 Å². The molecule has 8 heteroatoms. The summed E-state index contributed by atoms with van der Waals surface area (Å²) in [4.78, 5) is 25.7. The molecule has 25 heavy (non-hydrogen) atoms. The Kier molecular flexibility index (Phi) is 5.10. The summed E-state index contributed by atoms with van der Waals surface area (Å²) in [5.41, 5.74) is 0. The number of benzene rings is 1. The first kappa shape index (κ1) is 17.9. The van der Waals surface area contributed by atoms with E-state index in [2.05, 4.69) is 0 Å².